The maximum absolute atomic E-state index is 12.0. The molecule has 4 heteroatoms. The van der Waals surface area contributed by atoms with Crippen molar-refractivity contribution in [1.29, 1.82) is 0 Å². The van der Waals surface area contributed by atoms with Gasteiger partial charge in [-0.2, -0.15) is 0 Å². The van der Waals surface area contributed by atoms with Gasteiger partial charge in [0.25, 0.3) is 0 Å². The largest absolute Gasteiger partial charge is 0.384 e. The molecule has 1 aliphatic carbocycles. The van der Waals surface area contributed by atoms with Crippen LogP contribution in [0.3, 0.4) is 0 Å². The van der Waals surface area contributed by atoms with E-state index in [0.717, 1.165) is 18.4 Å². The molecule has 106 valence electrons. The quantitative estimate of drug-likeness (QED) is 0.830. The number of carbonyl (C=O) groups is 1. The Morgan fingerprint density at radius 1 is 1.40 bits per heavy atom. The Morgan fingerprint density at radius 2 is 2.20 bits per heavy atom. The summed E-state index contributed by atoms with van der Waals surface area (Å²) in [5, 5.41) is 11.5. The summed E-state index contributed by atoms with van der Waals surface area (Å²) in [6.07, 6.45) is 8.27. The van der Waals surface area contributed by atoms with E-state index in [1.165, 1.54) is 19.3 Å². The van der Waals surface area contributed by atoms with Gasteiger partial charge in [-0.3, -0.25) is 4.79 Å². The highest BCUT2D eigenvalue weighted by Gasteiger charge is 2.17. The third kappa shape index (κ3) is 4.67. The van der Waals surface area contributed by atoms with Gasteiger partial charge in [0.15, 0.2) is 0 Å². The number of rotatable bonds is 3. The molecule has 2 rings (SSSR count). The van der Waals surface area contributed by atoms with Crippen LogP contribution in [0, 0.1) is 17.8 Å². The molecule has 0 unspecified atom stereocenters. The molecule has 1 aliphatic rings. The van der Waals surface area contributed by atoms with Crippen LogP contribution in [-0.2, 0) is 4.79 Å². The summed E-state index contributed by atoms with van der Waals surface area (Å²) in [5.41, 5.74) is 0.738. The normalized spacial score (nSPS) is 15.2. The highest BCUT2D eigenvalue weighted by Crippen LogP contribution is 2.26. The second-order valence-corrected chi connectivity index (χ2v) is 5.15. The maximum Gasteiger partial charge on any atom is 0.225 e. The number of carbonyl (C=O) groups excluding carboxylic acids is 1. The van der Waals surface area contributed by atoms with Crippen molar-refractivity contribution in [3.8, 4) is 11.8 Å². The van der Waals surface area contributed by atoms with Crippen LogP contribution in [0.1, 0.15) is 44.1 Å². The van der Waals surface area contributed by atoms with Crippen LogP contribution in [0.2, 0.25) is 0 Å². The number of nitrogens with one attached hydrogen (secondary N) is 1. The van der Waals surface area contributed by atoms with Crippen LogP contribution < -0.4 is 5.32 Å². The third-order valence-corrected chi connectivity index (χ3v) is 3.54. The number of amides is 1. The van der Waals surface area contributed by atoms with Crippen LogP contribution in [0.15, 0.2) is 18.3 Å². The van der Waals surface area contributed by atoms with Gasteiger partial charge in [-0.25, -0.2) is 4.98 Å². The molecule has 1 aromatic rings. The van der Waals surface area contributed by atoms with Gasteiger partial charge in [0.05, 0.1) is 0 Å². The summed E-state index contributed by atoms with van der Waals surface area (Å²) in [6.45, 7) is -0.175. The van der Waals surface area contributed by atoms with E-state index in [1.807, 2.05) is 0 Å². The van der Waals surface area contributed by atoms with E-state index in [2.05, 4.69) is 22.1 Å². The van der Waals surface area contributed by atoms with Crippen molar-refractivity contribution in [2.24, 2.45) is 5.92 Å². The minimum absolute atomic E-state index is 0.0247. The van der Waals surface area contributed by atoms with Crippen molar-refractivity contribution in [2.45, 2.75) is 38.5 Å². The molecule has 1 fully saturated rings. The number of aliphatic hydroxyl groups excluding tert-OH is 1. The Morgan fingerprint density at radius 3 is 2.95 bits per heavy atom. The Kier molecular flexibility index (Phi) is 5.57. The average Bonchev–Trinajstić information content (AvgIpc) is 2.46. The topological polar surface area (TPSA) is 62.2 Å². The third-order valence-electron chi connectivity index (χ3n) is 3.54. The van der Waals surface area contributed by atoms with Gasteiger partial charge in [0, 0.05) is 18.2 Å². The molecule has 0 radical (unpaired) electrons. The second kappa shape index (κ2) is 7.66. The van der Waals surface area contributed by atoms with Crippen LogP contribution in [0.5, 0.6) is 0 Å². The van der Waals surface area contributed by atoms with Crippen molar-refractivity contribution >= 4 is 11.7 Å². The lowest BCUT2D eigenvalue weighted by atomic mass is 9.87. The molecule has 1 aromatic heterocycles. The fourth-order valence-electron chi connectivity index (χ4n) is 2.57. The molecule has 1 amide bonds. The lowest BCUT2D eigenvalue weighted by Gasteiger charge is -2.20. The fourth-order valence-corrected chi connectivity index (χ4v) is 2.57. The Bertz CT molecular complexity index is 511. The van der Waals surface area contributed by atoms with Gasteiger partial charge < -0.3 is 10.4 Å². The minimum Gasteiger partial charge on any atom is -0.384 e. The number of aromatic nitrogens is 1. The zero-order valence-corrected chi connectivity index (χ0v) is 11.6. The number of anilines is 1. The van der Waals surface area contributed by atoms with E-state index >= 15 is 0 Å². The van der Waals surface area contributed by atoms with Gasteiger partial charge in [-0.15, -0.1) is 0 Å². The second-order valence-electron chi connectivity index (χ2n) is 5.15. The standard InChI is InChI=1S/C16H20N2O2/c19-10-4-7-14-8-9-17-15(11-14)18-16(20)12-13-5-2-1-3-6-13/h8-9,11,13,19H,1-3,5-6,10,12H2,(H,17,18,20). The highest BCUT2D eigenvalue weighted by molar-refractivity contribution is 5.90. The maximum atomic E-state index is 12.0. The molecule has 0 atom stereocenters. The number of hydrogen-bond acceptors (Lipinski definition) is 3. The first kappa shape index (κ1) is 14.5. The predicted molar refractivity (Wildman–Crippen MR) is 78.0 cm³/mol. The van der Waals surface area contributed by atoms with Gasteiger partial charge in [0.1, 0.15) is 12.4 Å². The molecule has 0 aromatic carbocycles. The average molecular weight is 272 g/mol. The molecule has 0 bridgehead atoms. The molecule has 1 heterocycles. The minimum atomic E-state index is -0.175. The molecule has 0 aliphatic heterocycles. The summed E-state index contributed by atoms with van der Waals surface area (Å²) in [7, 11) is 0. The summed E-state index contributed by atoms with van der Waals surface area (Å²) >= 11 is 0. The zero-order valence-electron chi connectivity index (χ0n) is 11.6. The fraction of sp³-hybridized carbons (Fsp3) is 0.500. The molecule has 2 N–H and O–H groups in total. The predicted octanol–water partition coefficient (Wildman–Crippen LogP) is 2.33. The molecule has 0 saturated heterocycles. The van der Waals surface area contributed by atoms with Gasteiger partial charge in [-0.05, 0) is 30.9 Å². The van der Waals surface area contributed by atoms with E-state index in [-0.39, 0.29) is 12.5 Å². The van der Waals surface area contributed by atoms with Crippen molar-refractivity contribution < 1.29 is 9.90 Å². The first-order valence-corrected chi connectivity index (χ1v) is 7.13. The summed E-state index contributed by atoms with van der Waals surface area (Å²) < 4.78 is 0. The number of nitrogens with zero attached hydrogens (tertiary/aromatic N) is 1. The first-order valence-electron chi connectivity index (χ1n) is 7.13. The summed E-state index contributed by atoms with van der Waals surface area (Å²) in [5.74, 6) is 6.44. The van der Waals surface area contributed by atoms with Crippen molar-refractivity contribution in [1.82, 2.24) is 4.98 Å². The number of hydrogen-bond donors (Lipinski definition) is 2. The zero-order chi connectivity index (χ0) is 14.2. The lowest BCUT2D eigenvalue weighted by molar-refractivity contribution is -0.117. The number of aliphatic hydroxyl groups is 1. The smallest absolute Gasteiger partial charge is 0.225 e. The van der Waals surface area contributed by atoms with Gasteiger partial charge in [-0.1, -0.05) is 31.1 Å². The van der Waals surface area contributed by atoms with Crippen LogP contribution in [-0.4, -0.2) is 22.6 Å². The molecular weight excluding hydrogens is 252 g/mol. The lowest BCUT2D eigenvalue weighted by Crippen LogP contribution is -2.18. The van der Waals surface area contributed by atoms with Crippen LogP contribution in [0.4, 0.5) is 5.82 Å². The SMILES string of the molecule is O=C(CC1CCCCC1)Nc1cc(C#CCO)ccn1. The highest BCUT2D eigenvalue weighted by atomic mass is 16.2. The Labute approximate surface area is 119 Å². The van der Waals surface area contributed by atoms with Gasteiger partial charge in [0.2, 0.25) is 5.91 Å². The van der Waals surface area contributed by atoms with E-state index in [4.69, 9.17) is 5.11 Å². The molecular formula is C16H20N2O2. The van der Waals surface area contributed by atoms with Crippen LogP contribution >= 0.6 is 0 Å². The van der Waals surface area contributed by atoms with Crippen molar-refractivity contribution in [3.63, 3.8) is 0 Å². The first-order chi connectivity index (χ1) is 9.78. The summed E-state index contributed by atoms with van der Waals surface area (Å²) in [4.78, 5) is 16.1. The van der Waals surface area contributed by atoms with Gasteiger partial charge >= 0.3 is 0 Å². The number of pyridine rings is 1. The van der Waals surface area contributed by atoms with Crippen molar-refractivity contribution in [2.75, 3.05) is 11.9 Å². The summed E-state index contributed by atoms with van der Waals surface area (Å²) in [6, 6.07) is 3.47. The van der Waals surface area contributed by atoms with Crippen molar-refractivity contribution in [3.05, 3.63) is 23.9 Å². The molecule has 4 nitrogen and oxygen atoms in total. The Balaban J connectivity index is 1.90. The van der Waals surface area contributed by atoms with E-state index in [0.29, 0.717) is 18.2 Å². The van der Waals surface area contributed by atoms with Crippen LogP contribution in [0.25, 0.3) is 0 Å². The molecule has 1 saturated carbocycles. The van der Waals surface area contributed by atoms with E-state index in [1.54, 1.807) is 18.3 Å². The monoisotopic (exact) mass is 272 g/mol. The molecule has 20 heavy (non-hydrogen) atoms. The van der Waals surface area contributed by atoms with E-state index in [9.17, 15) is 4.79 Å². The molecule has 0 spiro atoms. The van der Waals surface area contributed by atoms with E-state index < -0.39 is 0 Å². The Hall–Kier alpha value is -1.86.